The van der Waals surface area contributed by atoms with E-state index in [1.807, 2.05) is 19.1 Å². The molecular weight excluding hydrogens is 240 g/mol. The lowest BCUT2D eigenvalue weighted by atomic mass is 10.1. The van der Waals surface area contributed by atoms with E-state index in [4.69, 9.17) is 16.3 Å². The molecule has 1 aromatic rings. The number of hydrogen-bond acceptors (Lipinski definition) is 3. The van der Waals surface area contributed by atoms with Crippen molar-refractivity contribution in [1.82, 2.24) is 5.43 Å². The average molecular weight is 255 g/mol. The summed E-state index contributed by atoms with van der Waals surface area (Å²) < 4.78 is 4.71. The third-order valence-electron chi connectivity index (χ3n) is 2.05. The van der Waals surface area contributed by atoms with Gasteiger partial charge in [0.1, 0.15) is 0 Å². The number of carbonyl (C=O) groups is 1. The van der Waals surface area contributed by atoms with Crippen molar-refractivity contribution in [2.45, 2.75) is 20.3 Å². The number of hydrogen-bond donors (Lipinski definition) is 1. The van der Waals surface area contributed by atoms with Crippen LogP contribution in [0.2, 0.25) is 5.02 Å². The van der Waals surface area contributed by atoms with E-state index in [0.29, 0.717) is 18.1 Å². The molecule has 92 valence electrons. The van der Waals surface area contributed by atoms with Gasteiger partial charge in [0.2, 0.25) is 0 Å². The maximum Gasteiger partial charge on any atom is 0.427 e. The van der Waals surface area contributed by atoms with Gasteiger partial charge in [-0.1, -0.05) is 30.7 Å². The summed E-state index contributed by atoms with van der Waals surface area (Å²) in [5, 5.41) is 4.64. The summed E-state index contributed by atoms with van der Waals surface area (Å²) >= 11 is 5.89. The number of nitrogens with one attached hydrogen (secondary N) is 1. The molecule has 1 rings (SSSR count). The fourth-order valence-corrected chi connectivity index (χ4v) is 1.48. The van der Waals surface area contributed by atoms with Gasteiger partial charge >= 0.3 is 6.09 Å². The van der Waals surface area contributed by atoms with Crippen LogP contribution in [-0.2, 0) is 4.74 Å². The minimum atomic E-state index is -0.555. The Labute approximate surface area is 106 Å². The zero-order chi connectivity index (χ0) is 12.7. The summed E-state index contributed by atoms with van der Waals surface area (Å²) in [5.41, 5.74) is 3.97. The van der Waals surface area contributed by atoms with Crippen molar-refractivity contribution in [3.05, 3.63) is 34.9 Å². The second-order valence-corrected chi connectivity index (χ2v) is 3.69. The Morgan fingerprint density at radius 2 is 2.24 bits per heavy atom. The number of benzene rings is 1. The van der Waals surface area contributed by atoms with Crippen molar-refractivity contribution in [2.75, 3.05) is 6.61 Å². The number of carbonyl (C=O) groups excluding carboxylic acids is 1. The Hall–Kier alpha value is -1.55. The number of rotatable bonds is 4. The predicted molar refractivity (Wildman–Crippen MR) is 68.4 cm³/mol. The first-order valence-corrected chi connectivity index (χ1v) is 5.80. The van der Waals surface area contributed by atoms with Gasteiger partial charge in [-0.05, 0) is 31.0 Å². The summed E-state index contributed by atoms with van der Waals surface area (Å²) in [6.45, 7) is 4.01. The molecule has 0 aliphatic carbocycles. The average Bonchev–Trinajstić information content (AvgIpc) is 2.30. The van der Waals surface area contributed by atoms with Crippen LogP contribution in [0.15, 0.2) is 29.4 Å². The second kappa shape index (κ2) is 6.91. The SMILES string of the molecule is CCOC(=O)N/N=C(/CC)c1cccc(Cl)c1. The monoisotopic (exact) mass is 254 g/mol. The van der Waals surface area contributed by atoms with Gasteiger partial charge in [0.15, 0.2) is 0 Å². The van der Waals surface area contributed by atoms with E-state index in [-0.39, 0.29) is 0 Å². The molecule has 0 aliphatic rings. The molecule has 0 aromatic heterocycles. The van der Waals surface area contributed by atoms with E-state index in [1.54, 1.807) is 19.1 Å². The van der Waals surface area contributed by atoms with Crippen LogP contribution < -0.4 is 5.43 Å². The van der Waals surface area contributed by atoms with Crippen LogP contribution >= 0.6 is 11.6 Å². The number of halogens is 1. The molecule has 1 aromatic carbocycles. The fourth-order valence-electron chi connectivity index (χ4n) is 1.29. The van der Waals surface area contributed by atoms with Gasteiger partial charge in [-0.3, -0.25) is 0 Å². The molecule has 0 heterocycles. The number of nitrogens with zero attached hydrogens (tertiary/aromatic N) is 1. The normalized spacial score (nSPS) is 11.1. The highest BCUT2D eigenvalue weighted by Crippen LogP contribution is 2.12. The lowest BCUT2D eigenvalue weighted by Crippen LogP contribution is -2.20. The van der Waals surface area contributed by atoms with Gasteiger partial charge < -0.3 is 4.74 Å². The molecule has 0 atom stereocenters. The summed E-state index contributed by atoms with van der Waals surface area (Å²) in [7, 11) is 0. The van der Waals surface area contributed by atoms with Crippen molar-refractivity contribution < 1.29 is 9.53 Å². The Bertz CT molecular complexity index is 419. The molecule has 0 radical (unpaired) electrons. The lowest BCUT2D eigenvalue weighted by Gasteiger charge is -2.05. The molecule has 1 N–H and O–H groups in total. The first-order chi connectivity index (χ1) is 8.17. The minimum absolute atomic E-state index is 0.319. The molecule has 17 heavy (non-hydrogen) atoms. The zero-order valence-corrected chi connectivity index (χ0v) is 10.6. The lowest BCUT2D eigenvalue weighted by molar-refractivity contribution is 0.152. The molecule has 0 saturated carbocycles. The fraction of sp³-hybridized carbons (Fsp3) is 0.333. The number of hydrazone groups is 1. The molecule has 4 nitrogen and oxygen atoms in total. The highest BCUT2D eigenvalue weighted by Gasteiger charge is 2.04. The van der Waals surface area contributed by atoms with Gasteiger partial charge in [0.05, 0.1) is 12.3 Å². The van der Waals surface area contributed by atoms with Gasteiger partial charge in [0, 0.05) is 5.02 Å². The molecule has 0 spiro atoms. The van der Waals surface area contributed by atoms with E-state index < -0.39 is 6.09 Å². The van der Waals surface area contributed by atoms with Crippen LogP contribution in [0.5, 0.6) is 0 Å². The molecule has 0 unspecified atom stereocenters. The van der Waals surface area contributed by atoms with Crippen LogP contribution in [0.3, 0.4) is 0 Å². The van der Waals surface area contributed by atoms with Gasteiger partial charge in [-0.25, -0.2) is 10.2 Å². The highest BCUT2D eigenvalue weighted by atomic mass is 35.5. The van der Waals surface area contributed by atoms with Crippen LogP contribution in [0.1, 0.15) is 25.8 Å². The maximum atomic E-state index is 11.1. The zero-order valence-electron chi connectivity index (χ0n) is 9.87. The highest BCUT2D eigenvalue weighted by molar-refractivity contribution is 6.31. The van der Waals surface area contributed by atoms with Crippen LogP contribution in [0.4, 0.5) is 4.79 Å². The van der Waals surface area contributed by atoms with Gasteiger partial charge in [-0.2, -0.15) is 5.10 Å². The van der Waals surface area contributed by atoms with Crippen molar-refractivity contribution in [2.24, 2.45) is 5.10 Å². The van der Waals surface area contributed by atoms with E-state index in [0.717, 1.165) is 11.3 Å². The molecule has 0 saturated heterocycles. The molecule has 0 bridgehead atoms. The van der Waals surface area contributed by atoms with E-state index in [1.165, 1.54) is 0 Å². The summed E-state index contributed by atoms with van der Waals surface area (Å²) in [5.74, 6) is 0. The molecule has 5 heteroatoms. The van der Waals surface area contributed by atoms with E-state index in [9.17, 15) is 4.79 Å². The third-order valence-corrected chi connectivity index (χ3v) is 2.29. The van der Waals surface area contributed by atoms with Crippen LogP contribution in [0, 0.1) is 0 Å². The number of amides is 1. The summed E-state index contributed by atoms with van der Waals surface area (Å²) in [4.78, 5) is 11.1. The first kappa shape index (κ1) is 13.5. The van der Waals surface area contributed by atoms with Crippen molar-refractivity contribution in [3.8, 4) is 0 Å². The van der Waals surface area contributed by atoms with Crippen molar-refractivity contribution in [1.29, 1.82) is 0 Å². The van der Waals surface area contributed by atoms with Crippen molar-refractivity contribution in [3.63, 3.8) is 0 Å². The second-order valence-electron chi connectivity index (χ2n) is 3.25. The minimum Gasteiger partial charge on any atom is -0.449 e. The van der Waals surface area contributed by atoms with Gasteiger partial charge in [0.25, 0.3) is 0 Å². The smallest absolute Gasteiger partial charge is 0.427 e. The molecule has 1 amide bonds. The first-order valence-electron chi connectivity index (χ1n) is 5.42. The van der Waals surface area contributed by atoms with E-state index in [2.05, 4.69) is 10.5 Å². The Morgan fingerprint density at radius 3 is 2.82 bits per heavy atom. The standard InChI is InChI=1S/C12H15ClN2O2/c1-3-11(14-15-12(16)17-4-2)9-6-5-7-10(13)8-9/h5-8H,3-4H2,1-2H3,(H,15,16)/b14-11-. The van der Waals surface area contributed by atoms with Crippen LogP contribution in [-0.4, -0.2) is 18.4 Å². The number of ether oxygens (including phenoxy) is 1. The molecular formula is C12H15ClN2O2. The predicted octanol–water partition coefficient (Wildman–Crippen LogP) is 3.20. The molecule has 0 aliphatic heterocycles. The Balaban J connectivity index is 2.77. The molecule has 0 fully saturated rings. The summed E-state index contributed by atoms with van der Waals surface area (Å²) in [6, 6.07) is 7.32. The third kappa shape index (κ3) is 4.44. The Morgan fingerprint density at radius 1 is 1.47 bits per heavy atom. The maximum absolute atomic E-state index is 11.1. The van der Waals surface area contributed by atoms with Crippen molar-refractivity contribution >= 4 is 23.4 Å². The summed E-state index contributed by atoms with van der Waals surface area (Å²) in [6.07, 6.45) is 0.132. The Kier molecular flexibility index (Phi) is 5.49. The quantitative estimate of drug-likeness (QED) is 0.663. The van der Waals surface area contributed by atoms with E-state index >= 15 is 0 Å². The topological polar surface area (TPSA) is 50.7 Å². The van der Waals surface area contributed by atoms with Crippen LogP contribution in [0.25, 0.3) is 0 Å². The van der Waals surface area contributed by atoms with Gasteiger partial charge in [-0.15, -0.1) is 0 Å². The largest absolute Gasteiger partial charge is 0.449 e.